The molecule has 0 bridgehead atoms. The van der Waals surface area contributed by atoms with Gasteiger partial charge in [0.05, 0.1) is 12.6 Å². The quantitative estimate of drug-likeness (QED) is 0.606. The molecule has 1 fully saturated rings. The Bertz CT molecular complexity index is 419. The van der Waals surface area contributed by atoms with Gasteiger partial charge in [-0.05, 0) is 26.2 Å². The van der Waals surface area contributed by atoms with E-state index >= 15 is 0 Å². The number of hydrogen-bond donors (Lipinski definition) is 0. The van der Waals surface area contributed by atoms with Crippen molar-refractivity contribution in [3.05, 3.63) is 16.6 Å². The third-order valence-corrected chi connectivity index (χ3v) is 3.83. The van der Waals surface area contributed by atoms with Crippen LogP contribution in [-0.2, 0) is 14.3 Å². The zero-order valence-corrected chi connectivity index (χ0v) is 11.1. The van der Waals surface area contributed by atoms with Crippen LogP contribution in [0, 0.1) is 0 Å². The Morgan fingerprint density at radius 1 is 1.56 bits per heavy atom. The summed E-state index contributed by atoms with van der Waals surface area (Å²) in [4.78, 5) is 29.4. The van der Waals surface area contributed by atoms with Crippen molar-refractivity contribution in [3.63, 3.8) is 0 Å². The number of piperidine rings is 1. The van der Waals surface area contributed by atoms with E-state index < -0.39 is 11.9 Å². The molecule has 1 amide bonds. The molecule has 1 aliphatic heterocycles. The smallest absolute Gasteiger partial charge is 0.397 e. The minimum atomic E-state index is -0.763. The lowest BCUT2D eigenvalue weighted by Gasteiger charge is -2.33. The zero-order valence-electron chi connectivity index (χ0n) is 10.3. The molecule has 0 saturated carbocycles. The second-order valence-corrected chi connectivity index (χ2v) is 5.03. The molecule has 98 valence electrons. The summed E-state index contributed by atoms with van der Waals surface area (Å²) in [6.07, 6.45) is 4.56. The van der Waals surface area contributed by atoms with E-state index in [1.807, 2.05) is 5.38 Å². The highest BCUT2D eigenvalue weighted by Crippen LogP contribution is 2.32. The maximum Gasteiger partial charge on any atom is 0.397 e. The molecule has 2 rings (SSSR count). The van der Waals surface area contributed by atoms with E-state index in [9.17, 15) is 9.59 Å². The average molecular weight is 268 g/mol. The summed E-state index contributed by atoms with van der Waals surface area (Å²) in [6, 6.07) is -0.0735. The van der Waals surface area contributed by atoms with Crippen LogP contribution < -0.4 is 0 Å². The van der Waals surface area contributed by atoms with Crippen LogP contribution in [-0.4, -0.2) is 34.9 Å². The van der Waals surface area contributed by atoms with Crippen LogP contribution in [0.15, 0.2) is 11.6 Å². The summed E-state index contributed by atoms with van der Waals surface area (Å²) >= 11 is 1.52. The van der Waals surface area contributed by atoms with Crippen LogP contribution in [0.25, 0.3) is 0 Å². The van der Waals surface area contributed by atoms with Crippen molar-refractivity contribution in [1.29, 1.82) is 0 Å². The molecule has 1 aromatic rings. The molecular weight excluding hydrogens is 252 g/mol. The number of hydrogen-bond acceptors (Lipinski definition) is 5. The third-order valence-electron chi connectivity index (χ3n) is 2.95. The van der Waals surface area contributed by atoms with Gasteiger partial charge in [-0.3, -0.25) is 4.79 Å². The molecule has 1 saturated heterocycles. The highest BCUT2D eigenvalue weighted by molar-refractivity contribution is 7.09. The monoisotopic (exact) mass is 268 g/mol. The second-order valence-electron chi connectivity index (χ2n) is 4.10. The summed E-state index contributed by atoms with van der Waals surface area (Å²) in [5, 5.41) is 2.78. The molecule has 1 aromatic heterocycles. The van der Waals surface area contributed by atoms with Gasteiger partial charge in [-0.2, -0.15) is 0 Å². The molecular formula is C12H16N2O3S. The molecule has 1 unspecified atom stereocenters. The van der Waals surface area contributed by atoms with Gasteiger partial charge in [0.2, 0.25) is 0 Å². The van der Waals surface area contributed by atoms with Gasteiger partial charge in [0.1, 0.15) is 5.01 Å². The summed E-state index contributed by atoms with van der Waals surface area (Å²) in [5.74, 6) is -1.31. The molecule has 0 aliphatic carbocycles. The van der Waals surface area contributed by atoms with Gasteiger partial charge in [0.15, 0.2) is 0 Å². The third kappa shape index (κ3) is 2.69. The number of likely N-dealkylation sites (tertiary alicyclic amines) is 1. The number of thiazole rings is 1. The lowest BCUT2D eigenvalue weighted by Crippen LogP contribution is -2.42. The van der Waals surface area contributed by atoms with Gasteiger partial charge < -0.3 is 9.64 Å². The Kier molecular flexibility index (Phi) is 4.30. The van der Waals surface area contributed by atoms with Gasteiger partial charge in [-0.15, -0.1) is 11.3 Å². The predicted octanol–water partition coefficient (Wildman–Crippen LogP) is 1.76. The lowest BCUT2D eigenvalue weighted by molar-refractivity contribution is -0.161. The Morgan fingerprint density at radius 3 is 3.06 bits per heavy atom. The molecule has 18 heavy (non-hydrogen) atoms. The number of rotatable bonds is 2. The fraction of sp³-hybridized carbons (Fsp3) is 0.583. The molecule has 6 heteroatoms. The van der Waals surface area contributed by atoms with Crippen LogP contribution in [0.1, 0.15) is 37.2 Å². The van der Waals surface area contributed by atoms with Crippen molar-refractivity contribution in [2.45, 2.75) is 32.2 Å². The SMILES string of the molecule is CCOC(=O)C(=O)N1CCCCC1c1nccs1. The van der Waals surface area contributed by atoms with Crippen molar-refractivity contribution < 1.29 is 14.3 Å². The Balaban J connectivity index is 2.13. The van der Waals surface area contributed by atoms with Crippen LogP contribution in [0.5, 0.6) is 0 Å². The topological polar surface area (TPSA) is 59.5 Å². The highest BCUT2D eigenvalue weighted by atomic mass is 32.1. The van der Waals surface area contributed by atoms with Crippen LogP contribution in [0.3, 0.4) is 0 Å². The molecule has 2 heterocycles. The second kappa shape index (κ2) is 5.95. The lowest BCUT2D eigenvalue weighted by atomic mass is 10.0. The van der Waals surface area contributed by atoms with Gasteiger partial charge >= 0.3 is 11.9 Å². The van der Waals surface area contributed by atoms with Crippen molar-refractivity contribution in [1.82, 2.24) is 9.88 Å². The summed E-state index contributed by atoms with van der Waals surface area (Å²) in [6.45, 7) is 2.52. The first-order valence-electron chi connectivity index (χ1n) is 6.11. The minimum Gasteiger partial charge on any atom is -0.459 e. The number of amides is 1. The summed E-state index contributed by atoms with van der Waals surface area (Å²) in [7, 11) is 0. The van der Waals surface area contributed by atoms with Crippen LogP contribution >= 0.6 is 11.3 Å². The normalized spacial score (nSPS) is 19.6. The Hall–Kier alpha value is -1.43. The van der Waals surface area contributed by atoms with E-state index in [-0.39, 0.29) is 12.6 Å². The number of nitrogens with zero attached hydrogens (tertiary/aromatic N) is 2. The van der Waals surface area contributed by atoms with Crippen molar-refractivity contribution in [3.8, 4) is 0 Å². The largest absolute Gasteiger partial charge is 0.459 e. The number of carbonyl (C=O) groups excluding carboxylic acids is 2. The maximum absolute atomic E-state index is 12.0. The summed E-state index contributed by atoms with van der Waals surface area (Å²) < 4.78 is 4.78. The molecule has 0 N–H and O–H groups in total. The van der Waals surface area contributed by atoms with Gasteiger partial charge in [0, 0.05) is 18.1 Å². The maximum atomic E-state index is 12.0. The molecule has 1 aliphatic rings. The number of esters is 1. The van der Waals surface area contributed by atoms with Gasteiger partial charge in [-0.25, -0.2) is 9.78 Å². The van der Waals surface area contributed by atoms with E-state index in [1.54, 1.807) is 18.0 Å². The van der Waals surface area contributed by atoms with Crippen molar-refractivity contribution in [2.75, 3.05) is 13.2 Å². The fourth-order valence-corrected chi connectivity index (χ4v) is 2.93. The van der Waals surface area contributed by atoms with Crippen molar-refractivity contribution >= 4 is 23.2 Å². The predicted molar refractivity (Wildman–Crippen MR) is 67.1 cm³/mol. The van der Waals surface area contributed by atoms with Crippen LogP contribution in [0.2, 0.25) is 0 Å². The standard InChI is InChI=1S/C12H16N2O3S/c1-2-17-12(16)11(15)14-7-4-3-5-9(14)10-13-6-8-18-10/h6,8-9H,2-5,7H2,1H3. The fourth-order valence-electron chi connectivity index (χ4n) is 2.14. The van der Waals surface area contributed by atoms with Crippen LogP contribution in [0.4, 0.5) is 0 Å². The molecule has 1 atom stereocenters. The molecule has 5 nitrogen and oxygen atoms in total. The Morgan fingerprint density at radius 2 is 2.39 bits per heavy atom. The van der Waals surface area contributed by atoms with E-state index in [0.29, 0.717) is 6.54 Å². The highest BCUT2D eigenvalue weighted by Gasteiger charge is 2.33. The number of aromatic nitrogens is 1. The zero-order chi connectivity index (χ0) is 13.0. The van der Waals surface area contributed by atoms with Gasteiger partial charge in [0.25, 0.3) is 0 Å². The van der Waals surface area contributed by atoms with E-state index in [0.717, 1.165) is 24.3 Å². The number of carbonyl (C=O) groups is 2. The first kappa shape index (κ1) is 13.0. The summed E-state index contributed by atoms with van der Waals surface area (Å²) in [5.41, 5.74) is 0. The average Bonchev–Trinajstić information content (AvgIpc) is 2.92. The van der Waals surface area contributed by atoms with Crippen molar-refractivity contribution in [2.24, 2.45) is 0 Å². The van der Waals surface area contributed by atoms with E-state index in [1.165, 1.54) is 11.3 Å². The molecule has 0 spiro atoms. The number of ether oxygens (including phenoxy) is 1. The first-order chi connectivity index (χ1) is 8.74. The van der Waals surface area contributed by atoms with Gasteiger partial charge in [-0.1, -0.05) is 0 Å². The molecule has 0 aromatic carbocycles. The van der Waals surface area contributed by atoms with E-state index in [4.69, 9.17) is 4.74 Å². The Labute approximate surface area is 110 Å². The molecule has 0 radical (unpaired) electrons. The minimum absolute atomic E-state index is 0.0735. The first-order valence-corrected chi connectivity index (χ1v) is 6.99. The van der Waals surface area contributed by atoms with E-state index in [2.05, 4.69) is 4.98 Å².